The Hall–Kier alpha value is -1.69. The van der Waals surface area contributed by atoms with Crippen LogP contribution < -0.4 is 5.32 Å². The van der Waals surface area contributed by atoms with E-state index in [4.69, 9.17) is 11.6 Å². The first kappa shape index (κ1) is 12.8. The average molecular weight is 270 g/mol. The Kier molecular flexibility index (Phi) is 3.76. The SMILES string of the molecule is COC(=O)c1cc(N[C@H]2CCCC2=O)nc(Cl)n1. The Morgan fingerprint density at radius 1 is 1.56 bits per heavy atom. The molecule has 1 fully saturated rings. The third-order valence-electron chi connectivity index (χ3n) is 2.72. The van der Waals surface area contributed by atoms with Crippen LogP contribution in [-0.2, 0) is 9.53 Å². The largest absolute Gasteiger partial charge is 0.464 e. The fourth-order valence-electron chi connectivity index (χ4n) is 1.85. The molecule has 96 valence electrons. The van der Waals surface area contributed by atoms with E-state index in [0.717, 1.165) is 12.8 Å². The minimum absolute atomic E-state index is 0.0606. The van der Waals surface area contributed by atoms with Crippen molar-refractivity contribution in [1.82, 2.24) is 9.97 Å². The lowest BCUT2D eigenvalue weighted by molar-refractivity contribution is -0.118. The number of hydrogen-bond donors (Lipinski definition) is 1. The molecule has 18 heavy (non-hydrogen) atoms. The summed E-state index contributed by atoms with van der Waals surface area (Å²) < 4.78 is 4.55. The number of carbonyl (C=O) groups excluding carboxylic acids is 2. The van der Waals surface area contributed by atoms with E-state index in [2.05, 4.69) is 20.0 Å². The van der Waals surface area contributed by atoms with Crippen LogP contribution in [0.5, 0.6) is 0 Å². The van der Waals surface area contributed by atoms with Crippen molar-refractivity contribution in [3.63, 3.8) is 0 Å². The number of hydrogen-bond acceptors (Lipinski definition) is 6. The van der Waals surface area contributed by atoms with Gasteiger partial charge in [0.2, 0.25) is 5.28 Å². The molecule has 1 heterocycles. The summed E-state index contributed by atoms with van der Waals surface area (Å²) in [6.07, 6.45) is 2.19. The van der Waals surface area contributed by atoms with Crippen molar-refractivity contribution in [2.45, 2.75) is 25.3 Å². The van der Waals surface area contributed by atoms with Crippen molar-refractivity contribution in [3.05, 3.63) is 17.0 Å². The predicted octanol–water partition coefficient (Wildman–Crippen LogP) is 1.45. The van der Waals surface area contributed by atoms with Crippen LogP contribution in [0.1, 0.15) is 29.8 Å². The van der Waals surface area contributed by atoms with Crippen LogP contribution in [-0.4, -0.2) is 34.9 Å². The maximum absolute atomic E-state index is 11.5. The van der Waals surface area contributed by atoms with Crippen LogP contribution in [0, 0.1) is 0 Å². The second kappa shape index (κ2) is 5.30. The number of aromatic nitrogens is 2. The maximum Gasteiger partial charge on any atom is 0.356 e. The number of ether oxygens (including phenoxy) is 1. The standard InChI is InChI=1S/C11H12ClN3O3/c1-18-10(17)7-5-9(15-11(12)14-7)13-6-3-2-4-8(6)16/h5-6H,2-4H2,1H3,(H,13,14,15)/t6-/m0/s1. The fraction of sp³-hybridized carbons (Fsp3) is 0.455. The van der Waals surface area contributed by atoms with Gasteiger partial charge in [-0.15, -0.1) is 0 Å². The lowest BCUT2D eigenvalue weighted by Crippen LogP contribution is -2.24. The molecule has 0 spiro atoms. The zero-order valence-electron chi connectivity index (χ0n) is 9.77. The number of halogens is 1. The quantitative estimate of drug-likeness (QED) is 0.661. The summed E-state index contributed by atoms with van der Waals surface area (Å²) in [6, 6.07) is 1.16. The number of rotatable bonds is 3. The second-order valence-corrected chi connectivity index (χ2v) is 4.29. The van der Waals surface area contributed by atoms with Crippen LogP contribution in [0.15, 0.2) is 6.07 Å². The highest BCUT2D eigenvalue weighted by molar-refractivity contribution is 6.28. The topological polar surface area (TPSA) is 81.2 Å². The summed E-state index contributed by atoms with van der Waals surface area (Å²) in [6.45, 7) is 0. The number of nitrogens with one attached hydrogen (secondary N) is 1. The van der Waals surface area contributed by atoms with E-state index in [9.17, 15) is 9.59 Å². The van der Waals surface area contributed by atoms with E-state index < -0.39 is 5.97 Å². The first-order valence-electron chi connectivity index (χ1n) is 5.52. The Balaban J connectivity index is 2.20. The van der Waals surface area contributed by atoms with Crippen molar-refractivity contribution < 1.29 is 14.3 Å². The average Bonchev–Trinajstić information content (AvgIpc) is 2.73. The molecule has 1 aromatic rings. The smallest absolute Gasteiger partial charge is 0.356 e. The van der Waals surface area contributed by atoms with Crippen molar-refractivity contribution in [2.24, 2.45) is 0 Å². The number of nitrogens with zero attached hydrogens (tertiary/aromatic N) is 2. The summed E-state index contributed by atoms with van der Waals surface area (Å²) in [5.74, 6) is -0.0971. The minimum Gasteiger partial charge on any atom is -0.464 e. The normalized spacial score (nSPS) is 18.8. The molecule has 6 nitrogen and oxygen atoms in total. The monoisotopic (exact) mass is 269 g/mol. The molecular weight excluding hydrogens is 258 g/mol. The third kappa shape index (κ3) is 2.76. The molecule has 0 aliphatic heterocycles. The molecule has 7 heteroatoms. The lowest BCUT2D eigenvalue weighted by atomic mass is 10.2. The van der Waals surface area contributed by atoms with Gasteiger partial charge in [0.1, 0.15) is 5.82 Å². The molecule has 1 aromatic heterocycles. The van der Waals surface area contributed by atoms with Gasteiger partial charge < -0.3 is 10.1 Å². The van der Waals surface area contributed by atoms with E-state index in [1.54, 1.807) is 0 Å². The molecule has 1 N–H and O–H groups in total. The molecule has 0 saturated heterocycles. The zero-order chi connectivity index (χ0) is 13.1. The molecule has 0 radical (unpaired) electrons. The summed E-state index contributed by atoms with van der Waals surface area (Å²) in [5.41, 5.74) is 0.0606. The van der Waals surface area contributed by atoms with Gasteiger partial charge in [0.15, 0.2) is 11.5 Å². The highest BCUT2D eigenvalue weighted by Gasteiger charge is 2.25. The number of anilines is 1. The number of esters is 1. The molecule has 2 rings (SSSR count). The van der Waals surface area contributed by atoms with Gasteiger partial charge in [0, 0.05) is 12.5 Å². The third-order valence-corrected chi connectivity index (χ3v) is 2.89. The zero-order valence-corrected chi connectivity index (χ0v) is 10.5. The van der Waals surface area contributed by atoms with Crippen molar-refractivity contribution in [3.8, 4) is 0 Å². The highest BCUT2D eigenvalue weighted by atomic mass is 35.5. The van der Waals surface area contributed by atoms with Gasteiger partial charge >= 0.3 is 5.97 Å². The molecule has 1 aliphatic rings. The number of ketones is 1. The van der Waals surface area contributed by atoms with Crippen LogP contribution in [0.2, 0.25) is 5.28 Å². The van der Waals surface area contributed by atoms with Crippen LogP contribution in [0.25, 0.3) is 0 Å². The van der Waals surface area contributed by atoms with E-state index in [-0.39, 0.29) is 22.8 Å². The molecule has 0 unspecified atom stereocenters. The highest BCUT2D eigenvalue weighted by Crippen LogP contribution is 2.20. The number of methoxy groups -OCH3 is 1. The Morgan fingerprint density at radius 3 is 2.94 bits per heavy atom. The van der Waals surface area contributed by atoms with Crippen LogP contribution in [0.3, 0.4) is 0 Å². The Morgan fingerprint density at radius 2 is 2.33 bits per heavy atom. The van der Waals surface area contributed by atoms with E-state index in [1.165, 1.54) is 13.2 Å². The molecular formula is C11H12ClN3O3. The van der Waals surface area contributed by atoms with E-state index in [1.807, 2.05) is 0 Å². The van der Waals surface area contributed by atoms with Crippen molar-refractivity contribution in [2.75, 3.05) is 12.4 Å². The number of Topliss-reactive ketones (excluding diaryl/α,β-unsaturated/α-hetero) is 1. The van der Waals surface area contributed by atoms with E-state index >= 15 is 0 Å². The van der Waals surface area contributed by atoms with Crippen molar-refractivity contribution >= 4 is 29.2 Å². The Labute approximate surface area is 109 Å². The first-order valence-corrected chi connectivity index (χ1v) is 5.90. The minimum atomic E-state index is -0.597. The summed E-state index contributed by atoms with van der Waals surface area (Å²) in [7, 11) is 1.26. The Bertz CT molecular complexity index is 492. The summed E-state index contributed by atoms with van der Waals surface area (Å²) >= 11 is 5.72. The summed E-state index contributed by atoms with van der Waals surface area (Å²) in [5, 5.41) is 2.89. The van der Waals surface area contributed by atoms with Gasteiger partial charge in [-0.05, 0) is 24.4 Å². The lowest BCUT2D eigenvalue weighted by Gasteiger charge is -2.12. The molecule has 0 bridgehead atoms. The van der Waals surface area contributed by atoms with Crippen LogP contribution in [0.4, 0.5) is 5.82 Å². The van der Waals surface area contributed by atoms with Gasteiger partial charge in [-0.1, -0.05) is 0 Å². The van der Waals surface area contributed by atoms with Crippen molar-refractivity contribution in [1.29, 1.82) is 0 Å². The number of carbonyl (C=O) groups is 2. The van der Waals surface area contributed by atoms with Crippen LogP contribution >= 0.6 is 11.6 Å². The molecule has 1 atom stereocenters. The van der Waals surface area contributed by atoms with Gasteiger partial charge in [-0.3, -0.25) is 4.79 Å². The van der Waals surface area contributed by atoms with Gasteiger partial charge in [0.05, 0.1) is 13.2 Å². The molecule has 1 saturated carbocycles. The summed E-state index contributed by atoms with van der Waals surface area (Å²) in [4.78, 5) is 30.5. The second-order valence-electron chi connectivity index (χ2n) is 3.95. The van der Waals surface area contributed by atoms with Gasteiger partial charge in [-0.2, -0.15) is 0 Å². The molecule has 0 aromatic carbocycles. The first-order chi connectivity index (χ1) is 8.60. The fourth-order valence-corrected chi connectivity index (χ4v) is 2.03. The maximum atomic E-state index is 11.5. The predicted molar refractivity (Wildman–Crippen MR) is 64.7 cm³/mol. The molecule has 0 amide bonds. The van der Waals surface area contributed by atoms with E-state index in [0.29, 0.717) is 12.2 Å². The van der Waals surface area contributed by atoms with Gasteiger partial charge in [0.25, 0.3) is 0 Å². The molecule has 1 aliphatic carbocycles. The van der Waals surface area contributed by atoms with Gasteiger partial charge in [-0.25, -0.2) is 14.8 Å².